The number of piperazine rings is 1. The zero-order valence-corrected chi connectivity index (χ0v) is 19.5. The van der Waals surface area contributed by atoms with E-state index in [0.29, 0.717) is 26.2 Å². The van der Waals surface area contributed by atoms with Gasteiger partial charge in [-0.1, -0.05) is 11.6 Å². The maximum Gasteiger partial charge on any atom is 0.424 e. The summed E-state index contributed by atoms with van der Waals surface area (Å²) >= 11 is 6.46. The standard InChI is InChI=1S/C21H30ClN3O6/c1-20(2,3)30-18(28)25(19(29)31-21(4,5)6)16-8-7-14(13-15(16)22)23-9-11-24(12-10-23)17(26)27/h7-8,13H,9-12H2,1-6H3,(H,26,27). The fourth-order valence-electron chi connectivity index (χ4n) is 2.92. The summed E-state index contributed by atoms with van der Waals surface area (Å²) in [6, 6.07) is 4.91. The molecule has 0 atom stereocenters. The van der Waals surface area contributed by atoms with E-state index in [9.17, 15) is 14.4 Å². The van der Waals surface area contributed by atoms with Crippen LogP contribution in [-0.4, -0.2) is 65.7 Å². The third-order valence-electron chi connectivity index (χ3n) is 4.24. The van der Waals surface area contributed by atoms with Crippen molar-refractivity contribution in [2.45, 2.75) is 52.7 Å². The number of benzene rings is 1. The van der Waals surface area contributed by atoms with Crippen molar-refractivity contribution in [3.05, 3.63) is 23.2 Å². The van der Waals surface area contributed by atoms with Gasteiger partial charge in [-0.3, -0.25) is 0 Å². The molecule has 1 N–H and O–H groups in total. The van der Waals surface area contributed by atoms with Crippen LogP contribution < -0.4 is 9.80 Å². The highest BCUT2D eigenvalue weighted by Crippen LogP contribution is 2.33. The monoisotopic (exact) mass is 455 g/mol. The van der Waals surface area contributed by atoms with E-state index in [2.05, 4.69) is 0 Å². The molecule has 0 unspecified atom stereocenters. The third-order valence-corrected chi connectivity index (χ3v) is 4.54. The molecule has 10 heteroatoms. The van der Waals surface area contributed by atoms with Crippen LogP contribution in [0.25, 0.3) is 0 Å². The number of carboxylic acid groups (broad SMARTS) is 1. The van der Waals surface area contributed by atoms with Crippen LogP contribution in [0.1, 0.15) is 41.5 Å². The fraction of sp³-hybridized carbons (Fsp3) is 0.571. The number of hydrogen-bond acceptors (Lipinski definition) is 6. The Morgan fingerprint density at radius 1 is 0.935 bits per heavy atom. The third kappa shape index (κ3) is 6.92. The van der Waals surface area contributed by atoms with E-state index in [0.717, 1.165) is 10.6 Å². The first-order valence-corrected chi connectivity index (χ1v) is 10.3. The summed E-state index contributed by atoms with van der Waals surface area (Å²) in [6.45, 7) is 11.9. The first kappa shape index (κ1) is 24.6. The van der Waals surface area contributed by atoms with Crippen molar-refractivity contribution < 1.29 is 29.0 Å². The highest BCUT2D eigenvalue weighted by atomic mass is 35.5. The van der Waals surface area contributed by atoms with Gasteiger partial charge in [-0.05, 0) is 59.7 Å². The Labute approximate surface area is 187 Å². The van der Waals surface area contributed by atoms with Crippen molar-refractivity contribution in [1.82, 2.24) is 4.90 Å². The Morgan fingerprint density at radius 3 is 1.81 bits per heavy atom. The lowest BCUT2D eigenvalue weighted by atomic mass is 10.2. The van der Waals surface area contributed by atoms with Crippen LogP contribution in [0.5, 0.6) is 0 Å². The Balaban J connectivity index is 2.30. The molecule has 0 spiro atoms. The number of ether oxygens (including phenoxy) is 2. The zero-order chi connectivity index (χ0) is 23.6. The molecule has 3 amide bonds. The SMILES string of the molecule is CC(C)(C)OC(=O)N(C(=O)OC(C)(C)C)c1ccc(N2CCN(C(=O)O)CC2)cc1Cl. The van der Waals surface area contributed by atoms with Crippen LogP contribution in [-0.2, 0) is 9.47 Å². The van der Waals surface area contributed by atoms with E-state index >= 15 is 0 Å². The highest BCUT2D eigenvalue weighted by molar-refractivity contribution is 6.35. The lowest BCUT2D eigenvalue weighted by molar-refractivity contribution is 0.0430. The molecule has 0 saturated carbocycles. The molecule has 1 aliphatic rings. The molecule has 1 aromatic carbocycles. The molecule has 1 aromatic rings. The average molecular weight is 456 g/mol. The van der Waals surface area contributed by atoms with Gasteiger partial charge < -0.3 is 24.4 Å². The second-order valence-corrected chi connectivity index (χ2v) is 9.60. The summed E-state index contributed by atoms with van der Waals surface area (Å²) in [5.41, 5.74) is -0.758. The van der Waals surface area contributed by atoms with Gasteiger partial charge in [0.05, 0.1) is 10.7 Å². The van der Waals surface area contributed by atoms with Crippen molar-refractivity contribution in [2.75, 3.05) is 36.0 Å². The number of carbonyl (C=O) groups is 3. The molecule has 31 heavy (non-hydrogen) atoms. The minimum atomic E-state index is -0.946. The van der Waals surface area contributed by atoms with Gasteiger partial charge in [-0.2, -0.15) is 4.90 Å². The molecule has 0 bridgehead atoms. The molecule has 9 nitrogen and oxygen atoms in total. The normalized spacial score (nSPS) is 14.8. The van der Waals surface area contributed by atoms with Gasteiger partial charge in [0, 0.05) is 31.9 Å². The van der Waals surface area contributed by atoms with Crippen LogP contribution in [0.15, 0.2) is 18.2 Å². The van der Waals surface area contributed by atoms with Crippen LogP contribution >= 0.6 is 11.6 Å². The smallest absolute Gasteiger partial charge is 0.424 e. The molecule has 0 aliphatic carbocycles. The second-order valence-electron chi connectivity index (χ2n) is 9.19. The van der Waals surface area contributed by atoms with Gasteiger partial charge >= 0.3 is 18.3 Å². The molecular formula is C21H30ClN3O6. The quantitative estimate of drug-likeness (QED) is 0.682. The van der Waals surface area contributed by atoms with E-state index in [4.69, 9.17) is 26.2 Å². The van der Waals surface area contributed by atoms with Crippen LogP contribution in [0, 0.1) is 0 Å². The largest absolute Gasteiger partial charge is 0.465 e. The number of nitrogens with zero attached hydrogens (tertiary/aromatic N) is 3. The molecule has 1 heterocycles. The van der Waals surface area contributed by atoms with Gasteiger partial charge in [-0.25, -0.2) is 14.4 Å². The van der Waals surface area contributed by atoms with E-state index in [1.807, 2.05) is 4.90 Å². The Bertz CT molecular complexity index is 810. The average Bonchev–Trinajstić information content (AvgIpc) is 2.60. The molecule has 1 aliphatic heterocycles. The van der Waals surface area contributed by atoms with E-state index in [1.165, 1.54) is 4.90 Å². The number of hydrogen-bond donors (Lipinski definition) is 1. The number of rotatable bonds is 2. The van der Waals surface area contributed by atoms with Gasteiger partial charge in [0.25, 0.3) is 0 Å². The van der Waals surface area contributed by atoms with Crippen molar-refractivity contribution in [3.63, 3.8) is 0 Å². The number of carbonyl (C=O) groups excluding carboxylic acids is 2. The Hall–Kier alpha value is -2.68. The second kappa shape index (κ2) is 9.21. The van der Waals surface area contributed by atoms with Gasteiger partial charge in [0.15, 0.2) is 0 Å². The predicted octanol–water partition coefficient (Wildman–Crippen LogP) is 4.82. The van der Waals surface area contributed by atoms with Crippen molar-refractivity contribution >= 4 is 41.3 Å². The first-order valence-electron chi connectivity index (χ1n) is 9.96. The summed E-state index contributed by atoms with van der Waals surface area (Å²) in [4.78, 5) is 40.8. The van der Waals surface area contributed by atoms with Crippen molar-refractivity contribution in [1.29, 1.82) is 0 Å². The minimum absolute atomic E-state index is 0.137. The van der Waals surface area contributed by atoms with Crippen LogP contribution in [0.2, 0.25) is 5.02 Å². The van der Waals surface area contributed by atoms with Gasteiger partial charge in [0.1, 0.15) is 11.2 Å². The lowest BCUT2D eigenvalue weighted by Crippen LogP contribution is -2.48. The molecule has 1 saturated heterocycles. The fourth-order valence-corrected chi connectivity index (χ4v) is 3.18. The first-order chi connectivity index (χ1) is 14.2. The van der Waals surface area contributed by atoms with Crippen molar-refractivity contribution in [3.8, 4) is 0 Å². The summed E-state index contributed by atoms with van der Waals surface area (Å²) < 4.78 is 10.8. The lowest BCUT2D eigenvalue weighted by Gasteiger charge is -2.35. The minimum Gasteiger partial charge on any atom is -0.465 e. The predicted molar refractivity (Wildman–Crippen MR) is 118 cm³/mol. The summed E-state index contributed by atoms with van der Waals surface area (Å²) in [6.07, 6.45) is -2.74. The summed E-state index contributed by atoms with van der Waals surface area (Å²) in [7, 11) is 0. The molecule has 1 fully saturated rings. The number of anilines is 2. The zero-order valence-electron chi connectivity index (χ0n) is 18.8. The van der Waals surface area contributed by atoms with Gasteiger partial charge in [-0.15, -0.1) is 0 Å². The van der Waals surface area contributed by atoms with Crippen molar-refractivity contribution in [2.24, 2.45) is 0 Å². The van der Waals surface area contributed by atoms with E-state index < -0.39 is 29.5 Å². The Kier molecular flexibility index (Phi) is 7.31. The molecule has 0 radical (unpaired) electrons. The Morgan fingerprint density at radius 2 is 1.42 bits per heavy atom. The molecule has 0 aromatic heterocycles. The molecular weight excluding hydrogens is 426 g/mol. The molecule has 2 rings (SSSR count). The number of imide groups is 1. The molecule has 172 valence electrons. The number of amides is 3. The van der Waals surface area contributed by atoms with E-state index in [1.54, 1.807) is 59.7 Å². The summed E-state index contributed by atoms with van der Waals surface area (Å²) in [5, 5.41) is 9.26. The summed E-state index contributed by atoms with van der Waals surface area (Å²) in [5.74, 6) is 0. The van der Waals surface area contributed by atoms with Gasteiger partial charge in [0.2, 0.25) is 0 Å². The number of halogens is 1. The highest BCUT2D eigenvalue weighted by Gasteiger charge is 2.34. The maximum absolute atomic E-state index is 12.8. The van der Waals surface area contributed by atoms with Crippen LogP contribution in [0.4, 0.5) is 25.8 Å². The van der Waals surface area contributed by atoms with Crippen LogP contribution in [0.3, 0.4) is 0 Å². The maximum atomic E-state index is 12.8. The van der Waals surface area contributed by atoms with E-state index in [-0.39, 0.29) is 10.7 Å². The topological polar surface area (TPSA) is 99.6 Å².